The van der Waals surface area contributed by atoms with E-state index in [0.29, 0.717) is 11.5 Å². The average Bonchev–Trinajstić information content (AvgIpc) is 2.81. The Morgan fingerprint density at radius 1 is 1.50 bits per heavy atom. The van der Waals surface area contributed by atoms with Crippen LogP contribution in [0.25, 0.3) is 0 Å². The van der Waals surface area contributed by atoms with Crippen LogP contribution in [0.2, 0.25) is 0 Å². The van der Waals surface area contributed by atoms with Crippen LogP contribution in [0.5, 0.6) is 0 Å². The molecule has 90 valence electrons. The predicted molar refractivity (Wildman–Crippen MR) is 69.9 cm³/mol. The maximum absolute atomic E-state index is 4.30. The minimum absolute atomic E-state index is 0.606. The van der Waals surface area contributed by atoms with E-state index in [-0.39, 0.29) is 0 Å². The lowest BCUT2D eigenvalue weighted by Crippen LogP contribution is -2.33. The molecule has 0 aromatic carbocycles. The third-order valence-corrected chi connectivity index (χ3v) is 4.67. The van der Waals surface area contributed by atoms with E-state index in [2.05, 4.69) is 29.5 Å². The molecule has 1 N–H and O–H groups in total. The van der Waals surface area contributed by atoms with Crippen LogP contribution in [0.4, 0.5) is 0 Å². The number of hydrogen-bond donors (Lipinski definition) is 1. The Balaban J connectivity index is 1.52. The van der Waals surface area contributed by atoms with Crippen molar-refractivity contribution in [3.8, 4) is 0 Å². The van der Waals surface area contributed by atoms with E-state index in [0.717, 1.165) is 13.0 Å². The fraction of sp³-hybridized carbons (Fsp3) is 0.769. The van der Waals surface area contributed by atoms with Gasteiger partial charge in [-0.3, -0.25) is 0 Å². The highest BCUT2D eigenvalue weighted by molar-refractivity contribution is 7.09. The molecule has 16 heavy (non-hydrogen) atoms. The number of nitrogens with one attached hydrogen (secondary N) is 1. The van der Waals surface area contributed by atoms with E-state index in [1.54, 1.807) is 11.3 Å². The Morgan fingerprint density at radius 3 is 2.94 bits per heavy atom. The Morgan fingerprint density at radius 2 is 2.31 bits per heavy atom. The van der Waals surface area contributed by atoms with Crippen molar-refractivity contribution in [2.24, 2.45) is 5.41 Å². The molecule has 3 heteroatoms. The summed E-state index contributed by atoms with van der Waals surface area (Å²) in [6, 6.07) is 0.687. The smallest absolute Gasteiger partial charge is 0.0924 e. The van der Waals surface area contributed by atoms with Gasteiger partial charge in [-0.1, -0.05) is 6.92 Å². The first-order chi connectivity index (χ1) is 7.71. The van der Waals surface area contributed by atoms with Crippen molar-refractivity contribution < 1.29 is 0 Å². The van der Waals surface area contributed by atoms with Crippen molar-refractivity contribution >= 4 is 11.3 Å². The molecule has 0 bridgehead atoms. The van der Waals surface area contributed by atoms with E-state index >= 15 is 0 Å². The molecule has 1 aliphatic rings. The highest BCUT2D eigenvalue weighted by Gasteiger charge is 2.41. The molecule has 1 atom stereocenters. The number of nitrogens with zero attached hydrogens (tertiary/aromatic N) is 1. The van der Waals surface area contributed by atoms with Gasteiger partial charge in [-0.15, -0.1) is 11.3 Å². The standard InChI is InChI=1S/C13H22N2S/c1-11(13(2)6-7-13)14-8-4-3-5-12-15-9-10-16-12/h9-11,14H,3-8H2,1-2H3. The van der Waals surface area contributed by atoms with E-state index in [4.69, 9.17) is 0 Å². The molecule has 0 aliphatic heterocycles. The molecule has 0 saturated heterocycles. The van der Waals surface area contributed by atoms with E-state index in [1.807, 2.05) is 6.20 Å². The van der Waals surface area contributed by atoms with Gasteiger partial charge in [0, 0.05) is 17.6 Å². The molecule has 1 aromatic rings. The van der Waals surface area contributed by atoms with Crippen LogP contribution in [0.1, 0.15) is 44.5 Å². The monoisotopic (exact) mass is 238 g/mol. The fourth-order valence-corrected chi connectivity index (χ4v) is 2.64. The third-order valence-electron chi connectivity index (χ3n) is 3.84. The number of aromatic nitrogens is 1. The molecule has 1 fully saturated rings. The van der Waals surface area contributed by atoms with Gasteiger partial charge in [-0.2, -0.15) is 0 Å². The Hall–Kier alpha value is -0.410. The lowest BCUT2D eigenvalue weighted by molar-refractivity contribution is 0.378. The van der Waals surface area contributed by atoms with Crippen molar-refractivity contribution in [2.75, 3.05) is 6.54 Å². The van der Waals surface area contributed by atoms with Gasteiger partial charge in [0.2, 0.25) is 0 Å². The van der Waals surface area contributed by atoms with Crippen LogP contribution in [-0.4, -0.2) is 17.6 Å². The van der Waals surface area contributed by atoms with Crippen molar-refractivity contribution in [1.29, 1.82) is 0 Å². The molecule has 1 saturated carbocycles. The topological polar surface area (TPSA) is 24.9 Å². The Bertz CT molecular complexity index is 304. The maximum Gasteiger partial charge on any atom is 0.0924 e. The molecular weight excluding hydrogens is 216 g/mol. The summed E-state index contributed by atoms with van der Waals surface area (Å²) in [5.74, 6) is 0. The van der Waals surface area contributed by atoms with Crippen molar-refractivity contribution in [3.63, 3.8) is 0 Å². The second kappa shape index (κ2) is 5.28. The van der Waals surface area contributed by atoms with Crippen LogP contribution in [0.3, 0.4) is 0 Å². The number of thiazole rings is 1. The van der Waals surface area contributed by atoms with E-state index in [9.17, 15) is 0 Å². The largest absolute Gasteiger partial charge is 0.314 e. The summed E-state index contributed by atoms with van der Waals surface area (Å²) in [5, 5.41) is 6.99. The first-order valence-electron chi connectivity index (χ1n) is 6.32. The molecule has 0 amide bonds. The lowest BCUT2D eigenvalue weighted by Gasteiger charge is -2.20. The van der Waals surface area contributed by atoms with Crippen LogP contribution >= 0.6 is 11.3 Å². The number of aryl methyl sites for hydroxylation is 1. The zero-order valence-electron chi connectivity index (χ0n) is 10.3. The van der Waals surface area contributed by atoms with Crippen LogP contribution in [0, 0.1) is 5.41 Å². The normalized spacial score (nSPS) is 19.6. The van der Waals surface area contributed by atoms with Crippen LogP contribution < -0.4 is 5.32 Å². The first-order valence-corrected chi connectivity index (χ1v) is 7.20. The van der Waals surface area contributed by atoms with Gasteiger partial charge in [-0.25, -0.2) is 4.98 Å². The summed E-state index contributed by atoms with van der Waals surface area (Å²) >= 11 is 1.77. The van der Waals surface area contributed by atoms with Gasteiger partial charge in [0.25, 0.3) is 0 Å². The fourth-order valence-electron chi connectivity index (χ4n) is 1.97. The summed E-state index contributed by atoms with van der Waals surface area (Å²) in [7, 11) is 0. The molecule has 1 unspecified atom stereocenters. The number of rotatable bonds is 7. The van der Waals surface area contributed by atoms with E-state index < -0.39 is 0 Å². The van der Waals surface area contributed by atoms with Gasteiger partial charge < -0.3 is 5.32 Å². The third kappa shape index (κ3) is 3.29. The maximum atomic E-state index is 4.30. The number of hydrogen-bond acceptors (Lipinski definition) is 3. The second-order valence-corrected chi connectivity index (χ2v) is 6.19. The molecule has 0 radical (unpaired) electrons. The molecule has 1 heterocycles. The summed E-state index contributed by atoms with van der Waals surface area (Å²) in [4.78, 5) is 4.30. The summed E-state index contributed by atoms with van der Waals surface area (Å²) in [6.07, 6.45) is 8.36. The Labute approximate surface area is 102 Å². The average molecular weight is 238 g/mol. The van der Waals surface area contributed by atoms with Crippen LogP contribution in [-0.2, 0) is 6.42 Å². The molecule has 2 rings (SSSR count). The lowest BCUT2D eigenvalue weighted by atomic mass is 10.0. The number of unbranched alkanes of at least 4 members (excludes halogenated alkanes) is 1. The van der Waals surface area contributed by atoms with Gasteiger partial charge >= 0.3 is 0 Å². The molecular formula is C13H22N2S. The molecule has 1 aromatic heterocycles. The van der Waals surface area contributed by atoms with Gasteiger partial charge in [-0.05, 0) is 51.0 Å². The summed E-state index contributed by atoms with van der Waals surface area (Å²) < 4.78 is 0. The highest BCUT2D eigenvalue weighted by atomic mass is 32.1. The van der Waals surface area contributed by atoms with Crippen molar-refractivity contribution in [1.82, 2.24) is 10.3 Å². The summed E-state index contributed by atoms with van der Waals surface area (Å²) in [5.41, 5.74) is 0.606. The summed E-state index contributed by atoms with van der Waals surface area (Å²) in [6.45, 7) is 5.87. The Kier molecular flexibility index (Phi) is 3.98. The van der Waals surface area contributed by atoms with Gasteiger partial charge in [0.05, 0.1) is 5.01 Å². The van der Waals surface area contributed by atoms with Gasteiger partial charge in [0.1, 0.15) is 0 Å². The van der Waals surface area contributed by atoms with Crippen molar-refractivity contribution in [2.45, 2.75) is 52.0 Å². The van der Waals surface area contributed by atoms with Gasteiger partial charge in [0.15, 0.2) is 0 Å². The quantitative estimate of drug-likeness (QED) is 0.738. The van der Waals surface area contributed by atoms with E-state index in [1.165, 1.54) is 30.7 Å². The molecule has 1 aliphatic carbocycles. The van der Waals surface area contributed by atoms with Crippen LogP contribution in [0.15, 0.2) is 11.6 Å². The molecule has 2 nitrogen and oxygen atoms in total. The van der Waals surface area contributed by atoms with Crippen molar-refractivity contribution in [3.05, 3.63) is 16.6 Å². The molecule has 0 spiro atoms. The second-order valence-electron chi connectivity index (χ2n) is 5.21. The minimum atomic E-state index is 0.606. The highest BCUT2D eigenvalue weighted by Crippen LogP contribution is 2.47. The zero-order valence-corrected chi connectivity index (χ0v) is 11.1. The SMILES string of the molecule is CC(NCCCCc1nccs1)C1(C)CC1. The minimum Gasteiger partial charge on any atom is -0.314 e. The predicted octanol–water partition coefficient (Wildman–Crippen LogP) is 3.24. The zero-order chi connectivity index (χ0) is 11.4. The first kappa shape index (κ1) is 12.1.